The van der Waals surface area contributed by atoms with Gasteiger partial charge in [-0.2, -0.15) is 0 Å². The normalized spacial score (nSPS) is 23.2. The van der Waals surface area contributed by atoms with E-state index in [0.717, 1.165) is 0 Å². The van der Waals surface area contributed by atoms with E-state index >= 15 is 0 Å². The predicted molar refractivity (Wildman–Crippen MR) is 289 cm³/mol. The van der Waals surface area contributed by atoms with Crippen molar-refractivity contribution in [3.63, 3.8) is 0 Å². The predicted octanol–water partition coefficient (Wildman–Crippen LogP) is 15.9. The Labute approximate surface area is 403 Å². The molecule has 0 N–H and O–H groups in total. The number of nitrogens with zero attached hydrogens (tertiary/aromatic N) is 2. The maximum Gasteiger partial charge on any atom is 0.333 e. The average Bonchev–Trinajstić information content (AvgIpc) is 3.63. The van der Waals surface area contributed by atoms with E-state index in [1.165, 1.54) is 133 Å². The monoisotopic (exact) mass is 881 g/mol. The fraction of sp³-hybridized carbons (Fsp3) is 0.438. The molecular formula is C64H73BN2. The van der Waals surface area contributed by atoms with Gasteiger partial charge in [-0.1, -0.05) is 170 Å². The molecule has 6 aliphatic rings. The molecular weight excluding hydrogens is 808 g/mol. The zero-order valence-electron chi connectivity index (χ0n) is 43.5. The molecule has 2 atom stereocenters. The quantitative estimate of drug-likeness (QED) is 0.160. The van der Waals surface area contributed by atoms with Crippen molar-refractivity contribution < 1.29 is 0 Å². The molecule has 3 heterocycles. The summed E-state index contributed by atoms with van der Waals surface area (Å²) in [4.78, 5) is 5.78. The van der Waals surface area contributed by atoms with Crippen molar-refractivity contribution in [2.75, 3.05) is 9.71 Å². The summed E-state index contributed by atoms with van der Waals surface area (Å²) in [6.07, 6.45) is 7.38. The molecule has 67 heavy (non-hydrogen) atoms. The molecule has 0 spiro atoms. The molecule has 0 amide bonds. The number of fused-ring (bicyclic) bond motifs is 12. The highest BCUT2D eigenvalue weighted by atomic mass is 15.3. The summed E-state index contributed by atoms with van der Waals surface area (Å²) in [5.41, 5.74) is 28.6. The number of hydrogen-bond acceptors (Lipinski definition) is 2. The maximum atomic E-state index is 2.93. The summed E-state index contributed by atoms with van der Waals surface area (Å²) in [5, 5.41) is 0. The van der Waals surface area contributed by atoms with Crippen LogP contribution in [0.4, 0.5) is 22.7 Å². The van der Waals surface area contributed by atoms with Gasteiger partial charge in [0, 0.05) is 44.7 Å². The van der Waals surface area contributed by atoms with Gasteiger partial charge in [0.1, 0.15) is 0 Å². The van der Waals surface area contributed by atoms with Gasteiger partial charge in [0.25, 0.3) is 0 Å². The van der Waals surface area contributed by atoms with Crippen molar-refractivity contribution in [3.05, 3.63) is 142 Å². The summed E-state index contributed by atoms with van der Waals surface area (Å²) in [5.74, 6) is 0. The third kappa shape index (κ3) is 5.64. The van der Waals surface area contributed by atoms with Crippen LogP contribution in [0.2, 0.25) is 0 Å². The molecule has 0 aromatic heterocycles. The van der Waals surface area contributed by atoms with E-state index < -0.39 is 0 Å². The van der Waals surface area contributed by atoms with Crippen LogP contribution >= 0.6 is 0 Å². The van der Waals surface area contributed by atoms with Gasteiger partial charge < -0.3 is 9.71 Å². The Balaban J connectivity index is 1.24. The first-order chi connectivity index (χ1) is 31.4. The highest BCUT2D eigenvalue weighted by molar-refractivity contribution is 6.93. The summed E-state index contributed by atoms with van der Waals surface area (Å²) in [6, 6.07) is 39.7. The number of anilines is 4. The molecule has 0 bridgehead atoms. The molecule has 6 aromatic carbocycles. The molecule has 3 heteroatoms. The highest BCUT2D eigenvalue weighted by Gasteiger charge is 2.62. The first-order valence-electron chi connectivity index (χ1n) is 25.9. The average molecular weight is 881 g/mol. The molecule has 2 nitrogen and oxygen atoms in total. The van der Waals surface area contributed by atoms with Gasteiger partial charge in [-0.15, -0.1) is 0 Å². The SMILES string of the molecule is Cc1cc2c3c(c1)N1c4c(cc(C(C)(C)C)cc4C4(C)CCCCC14C)B3N(c1ccc(C(C)(C)C)cc1-c1ccccc1)c1ccc3c(c1-2)C(C)(C)c1cc2c(cc1-3)C(C)(C)CCC2(C)C. The topological polar surface area (TPSA) is 6.48 Å². The first kappa shape index (κ1) is 43.3. The summed E-state index contributed by atoms with van der Waals surface area (Å²) < 4.78 is 0. The van der Waals surface area contributed by atoms with Crippen molar-refractivity contribution in [1.29, 1.82) is 0 Å². The van der Waals surface area contributed by atoms with E-state index in [-0.39, 0.29) is 44.9 Å². The molecule has 1 saturated carbocycles. The summed E-state index contributed by atoms with van der Waals surface area (Å²) >= 11 is 0. The zero-order chi connectivity index (χ0) is 47.3. The van der Waals surface area contributed by atoms with Crippen molar-refractivity contribution in [3.8, 4) is 33.4 Å². The smallest absolute Gasteiger partial charge is 0.333 e. The van der Waals surface area contributed by atoms with Gasteiger partial charge in [0.2, 0.25) is 0 Å². The Morgan fingerprint density at radius 3 is 1.87 bits per heavy atom. The molecule has 3 aliphatic carbocycles. The lowest BCUT2D eigenvalue weighted by molar-refractivity contribution is 0.195. The molecule has 1 fully saturated rings. The highest BCUT2D eigenvalue weighted by Crippen LogP contribution is 2.65. The van der Waals surface area contributed by atoms with E-state index in [1.54, 1.807) is 16.7 Å². The molecule has 0 saturated heterocycles. The van der Waals surface area contributed by atoms with Crippen LogP contribution in [0.5, 0.6) is 0 Å². The lowest BCUT2D eigenvalue weighted by Gasteiger charge is -2.53. The fourth-order valence-corrected chi connectivity index (χ4v) is 14.7. The van der Waals surface area contributed by atoms with Gasteiger partial charge in [-0.3, -0.25) is 0 Å². The molecule has 6 aromatic rings. The number of rotatable bonds is 2. The van der Waals surface area contributed by atoms with Crippen LogP contribution in [0.25, 0.3) is 33.4 Å². The minimum Gasteiger partial charge on any atom is -0.376 e. The van der Waals surface area contributed by atoms with Gasteiger partial charge in [0.05, 0.1) is 5.54 Å². The van der Waals surface area contributed by atoms with E-state index in [4.69, 9.17) is 0 Å². The molecule has 0 radical (unpaired) electrons. The molecule has 2 unspecified atom stereocenters. The zero-order valence-corrected chi connectivity index (χ0v) is 43.5. The van der Waals surface area contributed by atoms with Gasteiger partial charge in [-0.05, 0) is 169 Å². The second-order valence-electron chi connectivity index (χ2n) is 26.4. The fourth-order valence-electron chi connectivity index (χ4n) is 14.7. The van der Waals surface area contributed by atoms with Crippen molar-refractivity contribution in [2.45, 2.75) is 180 Å². The molecule has 342 valence electrons. The van der Waals surface area contributed by atoms with Gasteiger partial charge >= 0.3 is 6.85 Å². The van der Waals surface area contributed by atoms with Crippen LogP contribution in [0.15, 0.2) is 97.1 Å². The first-order valence-corrected chi connectivity index (χ1v) is 25.9. The van der Waals surface area contributed by atoms with Crippen molar-refractivity contribution in [2.24, 2.45) is 0 Å². The Morgan fingerprint density at radius 1 is 0.522 bits per heavy atom. The number of benzene rings is 6. The maximum absolute atomic E-state index is 2.93. The third-order valence-corrected chi connectivity index (χ3v) is 19.0. The van der Waals surface area contributed by atoms with E-state index in [0.29, 0.717) is 0 Å². The van der Waals surface area contributed by atoms with Crippen LogP contribution in [-0.2, 0) is 32.5 Å². The standard InChI is InChI=1S/C64H73BN2/c1-38-31-45-54-52(26-24-42-44-36-47-48(37-46(44)62(12,13)55(42)54)61(10,11)30-29-60(47,8)9)67(51-25-23-40(58(2,3)4)33-43(51)39-21-17-16-18-22-39)65-50-35-41(59(5,6)7)34-49-57(50)66(53(32-38)56(45)65)64(15)28-20-19-27-63(49,64)14/h16-18,21-26,31-37H,19-20,27-30H2,1-15H3. The second kappa shape index (κ2) is 13.4. The number of hydrogen-bond donors (Lipinski definition) is 0. The Kier molecular flexibility index (Phi) is 8.65. The Bertz CT molecular complexity index is 3130. The third-order valence-electron chi connectivity index (χ3n) is 19.0. The summed E-state index contributed by atoms with van der Waals surface area (Å²) in [7, 11) is 0. The lowest BCUT2D eigenvalue weighted by atomic mass is 9.42. The van der Waals surface area contributed by atoms with Gasteiger partial charge in [-0.25, -0.2) is 0 Å². The number of aryl methyl sites for hydroxylation is 1. The Morgan fingerprint density at radius 2 is 1.18 bits per heavy atom. The van der Waals surface area contributed by atoms with Crippen molar-refractivity contribution in [1.82, 2.24) is 0 Å². The van der Waals surface area contributed by atoms with Crippen LogP contribution in [-0.4, -0.2) is 12.4 Å². The minimum atomic E-state index is -0.225. The molecule has 12 rings (SSSR count). The second-order valence-corrected chi connectivity index (χ2v) is 26.4. The van der Waals surface area contributed by atoms with Crippen LogP contribution in [0.1, 0.15) is 180 Å². The van der Waals surface area contributed by atoms with Crippen LogP contribution in [0.3, 0.4) is 0 Å². The largest absolute Gasteiger partial charge is 0.376 e. The van der Waals surface area contributed by atoms with Crippen LogP contribution < -0.4 is 20.6 Å². The minimum absolute atomic E-state index is 0.00747. The van der Waals surface area contributed by atoms with Crippen LogP contribution in [0, 0.1) is 6.92 Å². The summed E-state index contributed by atoms with van der Waals surface area (Å²) in [6.45, 7) is 37.0. The van der Waals surface area contributed by atoms with E-state index in [2.05, 4.69) is 211 Å². The molecule has 3 aliphatic heterocycles. The van der Waals surface area contributed by atoms with Gasteiger partial charge in [0.15, 0.2) is 0 Å². The Hall–Kier alpha value is -5.02. The lowest BCUT2D eigenvalue weighted by Crippen LogP contribution is -2.65. The van der Waals surface area contributed by atoms with Crippen molar-refractivity contribution >= 4 is 40.5 Å². The van der Waals surface area contributed by atoms with E-state index in [1.807, 2.05) is 0 Å². The van der Waals surface area contributed by atoms with E-state index in [9.17, 15) is 0 Å².